The number of hydrogen-bond donors (Lipinski definition) is 1. The van der Waals surface area contributed by atoms with Crippen LogP contribution in [0.2, 0.25) is 0 Å². The summed E-state index contributed by atoms with van der Waals surface area (Å²) in [6, 6.07) is 21.4. The van der Waals surface area contributed by atoms with Gasteiger partial charge in [0.25, 0.3) is 0 Å². The molecule has 3 nitrogen and oxygen atoms in total. The number of carbonyl (C=O) groups is 1. The van der Waals surface area contributed by atoms with Gasteiger partial charge in [0.05, 0.1) is 5.56 Å². The zero-order valence-electron chi connectivity index (χ0n) is 13.4. The van der Waals surface area contributed by atoms with Gasteiger partial charge >= 0.3 is 5.97 Å². The van der Waals surface area contributed by atoms with E-state index in [1.54, 1.807) is 0 Å². The quantitative estimate of drug-likeness (QED) is 0.695. The highest BCUT2D eigenvalue weighted by atomic mass is 16.5. The van der Waals surface area contributed by atoms with Crippen LogP contribution in [0.25, 0.3) is 10.8 Å². The van der Waals surface area contributed by atoms with Crippen LogP contribution >= 0.6 is 0 Å². The number of carbonyl (C=O) groups excluding carboxylic acids is 1. The Labute approximate surface area is 141 Å². The zero-order valence-corrected chi connectivity index (χ0v) is 13.4. The summed E-state index contributed by atoms with van der Waals surface area (Å²) in [4.78, 5) is 12.7. The molecule has 0 amide bonds. The Morgan fingerprint density at radius 1 is 0.917 bits per heavy atom. The van der Waals surface area contributed by atoms with E-state index in [0.29, 0.717) is 18.4 Å². The minimum Gasteiger partial charge on any atom is -0.457 e. The lowest BCUT2D eigenvalue weighted by Gasteiger charge is -2.13. The second kappa shape index (κ2) is 7.75. The molecule has 0 saturated carbocycles. The minimum atomic E-state index is -0.316. The van der Waals surface area contributed by atoms with Crippen LogP contribution in [-0.4, -0.2) is 17.7 Å². The molecule has 3 aromatic carbocycles. The summed E-state index contributed by atoms with van der Waals surface area (Å²) >= 11 is 0. The van der Waals surface area contributed by atoms with Crippen LogP contribution in [0.3, 0.4) is 0 Å². The second-order valence-corrected chi connectivity index (χ2v) is 5.71. The molecule has 0 unspecified atom stereocenters. The first-order valence-corrected chi connectivity index (χ1v) is 8.12. The molecule has 0 fully saturated rings. The molecule has 3 rings (SSSR count). The summed E-state index contributed by atoms with van der Waals surface area (Å²) in [5.74, 6) is -0.316. The summed E-state index contributed by atoms with van der Waals surface area (Å²) in [7, 11) is 0. The summed E-state index contributed by atoms with van der Waals surface area (Å²) in [5, 5.41) is 11.0. The van der Waals surface area contributed by atoms with Gasteiger partial charge in [-0.25, -0.2) is 4.79 Å². The van der Waals surface area contributed by atoms with Gasteiger partial charge in [-0.15, -0.1) is 0 Å². The molecule has 3 heteroatoms. The van der Waals surface area contributed by atoms with E-state index >= 15 is 0 Å². The molecule has 0 spiro atoms. The third kappa shape index (κ3) is 3.63. The fraction of sp³-hybridized carbons (Fsp3) is 0.190. The van der Waals surface area contributed by atoms with Crippen LogP contribution in [0, 0.1) is 0 Å². The maximum atomic E-state index is 12.7. The van der Waals surface area contributed by atoms with E-state index in [4.69, 9.17) is 9.84 Å². The zero-order chi connectivity index (χ0) is 16.8. The molecule has 0 aliphatic heterocycles. The molecular formula is C21H20O3. The number of hydrogen-bond acceptors (Lipinski definition) is 3. The minimum absolute atomic E-state index is 0.103. The van der Waals surface area contributed by atoms with Crippen molar-refractivity contribution in [1.29, 1.82) is 0 Å². The predicted molar refractivity (Wildman–Crippen MR) is 94.9 cm³/mol. The molecule has 0 atom stereocenters. The fourth-order valence-electron chi connectivity index (χ4n) is 2.83. The van der Waals surface area contributed by atoms with E-state index in [2.05, 4.69) is 0 Å². The maximum Gasteiger partial charge on any atom is 0.339 e. The van der Waals surface area contributed by atoms with Gasteiger partial charge in [-0.1, -0.05) is 66.7 Å². The Hall–Kier alpha value is -2.65. The molecule has 0 radical (unpaired) electrons. The number of aryl methyl sites for hydroxylation is 1. The average Bonchev–Trinajstić information content (AvgIpc) is 2.64. The van der Waals surface area contributed by atoms with Crippen LogP contribution in [0.5, 0.6) is 0 Å². The predicted octanol–water partition coefficient (Wildman–Crippen LogP) is 4.12. The van der Waals surface area contributed by atoms with Crippen LogP contribution in [-0.2, 0) is 17.8 Å². The van der Waals surface area contributed by atoms with Crippen molar-refractivity contribution in [3.05, 3.63) is 83.4 Å². The number of aliphatic hydroxyl groups excluding tert-OH is 1. The van der Waals surface area contributed by atoms with Gasteiger partial charge in [0.2, 0.25) is 0 Å². The Balaban J connectivity index is 1.91. The molecule has 0 heterocycles. The first-order chi connectivity index (χ1) is 11.8. The van der Waals surface area contributed by atoms with Gasteiger partial charge in [-0.2, -0.15) is 0 Å². The summed E-state index contributed by atoms with van der Waals surface area (Å²) < 4.78 is 5.54. The lowest BCUT2D eigenvalue weighted by atomic mass is 9.96. The monoisotopic (exact) mass is 320 g/mol. The number of esters is 1. The van der Waals surface area contributed by atoms with Gasteiger partial charge < -0.3 is 9.84 Å². The largest absolute Gasteiger partial charge is 0.457 e. The van der Waals surface area contributed by atoms with Gasteiger partial charge in [-0.05, 0) is 34.7 Å². The van der Waals surface area contributed by atoms with Gasteiger partial charge in [0.15, 0.2) is 0 Å². The van der Waals surface area contributed by atoms with Gasteiger partial charge in [-0.3, -0.25) is 0 Å². The van der Waals surface area contributed by atoms with Crippen molar-refractivity contribution < 1.29 is 14.6 Å². The topological polar surface area (TPSA) is 46.5 Å². The van der Waals surface area contributed by atoms with Gasteiger partial charge in [0.1, 0.15) is 6.61 Å². The standard InChI is InChI=1S/C21H20O3/c22-14-6-10-18-13-12-17-9-4-5-11-19(17)20(18)21(23)24-15-16-7-2-1-3-8-16/h1-5,7-9,11-13,22H,6,10,14-15H2. The highest BCUT2D eigenvalue weighted by Crippen LogP contribution is 2.25. The molecule has 24 heavy (non-hydrogen) atoms. The van der Waals surface area contributed by atoms with Gasteiger partial charge in [0, 0.05) is 6.61 Å². The third-order valence-electron chi connectivity index (χ3n) is 4.04. The molecule has 0 saturated heterocycles. The molecule has 0 bridgehead atoms. The van der Waals surface area contributed by atoms with Crippen molar-refractivity contribution >= 4 is 16.7 Å². The highest BCUT2D eigenvalue weighted by Gasteiger charge is 2.16. The van der Waals surface area contributed by atoms with Crippen LogP contribution in [0.4, 0.5) is 0 Å². The molecule has 122 valence electrons. The van der Waals surface area contributed by atoms with Crippen LogP contribution in [0.15, 0.2) is 66.7 Å². The molecular weight excluding hydrogens is 300 g/mol. The highest BCUT2D eigenvalue weighted by molar-refractivity contribution is 6.05. The van der Waals surface area contributed by atoms with Crippen molar-refractivity contribution in [2.45, 2.75) is 19.4 Å². The molecule has 0 aromatic heterocycles. The van der Waals surface area contributed by atoms with E-state index in [9.17, 15) is 4.79 Å². The van der Waals surface area contributed by atoms with Crippen LogP contribution in [0.1, 0.15) is 27.9 Å². The molecule has 1 N–H and O–H groups in total. The average molecular weight is 320 g/mol. The van der Waals surface area contributed by atoms with E-state index in [1.807, 2.05) is 66.7 Å². The SMILES string of the molecule is O=C(OCc1ccccc1)c1c(CCCO)ccc2ccccc12. The smallest absolute Gasteiger partial charge is 0.339 e. The number of benzene rings is 3. The molecule has 0 aliphatic carbocycles. The third-order valence-corrected chi connectivity index (χ3v) is 4.04. The number of ether oxygens (including phenoxy) is 1. The first kappa shape index (κ1) is 16.2. The van der Waals surface area contributed by atoms with Crippen molar-refractivity contribution in [2.24, 2.45) is 0 Å². The number of rotatable bonds is 6. The molecule has 0 aliphatic rings. The first-order valence-electron chi connectivity index (χ1n) is 8.12. The van der Waals surface area contributed by atoms with E-state index in [1.165, 1.54) is 0 Å². The number of aliphatic hydroxyl groups is 1. The normalized spacial score (nSPS) is 10.7. The van der Waals surface area contributed by atoms with E-state index in [-0.39, 0.29) is 19.2 Å². The maximum absolute atomic E-state index is 12.7. The number of fused-ring (bicyclic) bond motifs is 1. The Kier molecular flexibility index (Phi) is 5.24. The summed E-state index contributed by atoms with van der Waals surface area (Å²) in [6.45, 7) is 0.355. The Morgan fingerprint density at radius 3 is 2.46 bits per heavy atom. The van der Waals surface area contributed by atoms with Crippen molar-refractivity contribution in [3.63, 3.8) is 0 Å². The van der Waals surface area contributed by atoms with Crippen molar-refractivity contribution in [3.8, 4) is 0 Å². The Bertz CT molecular complexity index is 825. The lowest BCUT2D eigenvalue weighted by molar-refractivity contribution is 0.0473. The van der Waals surface area contributed by atoms with E-state index in [0.717, 1.165) is 21.9 Å². The second-order valence-electron chi connectivity index (χ2n) is 5.71. The van der Waals surface area contributed by atoms with E-state index < -0.39 is 0 Å². The van der Waals surface area contributed by atoms with Crippen molar-refractivity contribution in [1.82, 2.24) is 0 Å². The van der Waals surface area contributed by atoms with Crippen molar-refractivity contribution in [2.75, 3.05) is 6.61 Å². The summed E-state index contributed by atoms with van der Waals surface area (Å²) in [5.41, 5.74) is 2.49. The lowest BCUT2D eigenvalue weighted by Crippen LogP contribution is -2.10. The summed E-state index contributed by atoms with van der Waals surface area (Å²) in [6.07, 6.45) is 1.27. The fourth-order valence-corrected chi connectivity index (χ4v) is 2.83. The van der Waals surface area contributed by atoms with Crippen LogP contribution < -0.4 is 0 Å². The Morgan fingerprint density at radius 2 is 1.67 bits per heavy atom. The molecule has 3 aromatic rings.